The Morgan fingerprint density at radius 1 is 1.33 bits per heavy atom. The monoisotopic (exact) mass is 287 g/mol. The van der Waals surface area contributed by atoms with Gasteiger partial charge in [0, 0.05) is 11.8 Å². The summed E-state index contributed by atoms with van der Waals surface area (Å²) in [6.07, 6.45) is 0.940. The van der Waals surface area contributed by atoms with E-state index >= 15 is 0 Å². The SMILES string of the molecule is Cc1ccc(Nc2cc(C(=O)O)c([N+](=O)[O-])cn2)c(C)c1. The van der Waals surface area contributed by atoms with Gasteiger partial charge >= 0.3 is 11.7 Å². The van der Waals surface area contributed by atoms with Crippen LogP contribution in [0.3, 0.4) is 0 Å². The van der Waals surface area contributed by atoms with E-state index in [1.807, 2.05) is 32.0 Å². The topological polar surface area (TPSA) is 105 Å². The minimum absolute atomic E-state index is 0.241. The highest BCUT2D eigenvalue weighted by Gasteiger charge is 2.21. The largest absolute Gasteiger partial charge is 0.477 e. The molecule has 1 heterocycles. The van der Waals surface area contributed by atoms with Crippen LogP contribution >= 0.6 is 0 Å². The Morgan fingerprint density at radius 2 is 2.05 bits per heavy atom. The Hall–Kier alpha value is -2.96. The number of aromatic nitrogens is 1. The van der Waals surface area contributed by atoms with Crippen LogP contribution < -0.4 is 5.32 Å². The number of hydrogen-bond donors (Lipinski definition) is 2. The van der Waals surface area contributed by atoms with Crippen LogP contribution in [-0.4, -0.2) is 21.0 Å². The summed E-state index contributed by atoms with van der Waals surface area (Å²) >= 11 is 0. The molecule has 7 nitrogen and oxygen atoms in total. The van der Waals surface area contributed by atoms with Crippen molar-refractivity contribution in [3.05, 3.63) is 57.3 Å². The standard InChI is InChI=1S/C14H13N3O4/c1-8-3-4-11(9(2)5-8)16-13-6-10(14(18)19)12(7-15-13)17(20)21/h3-7H,1-2H3,(H,15,16)(H,18,19). The Morgan fingerprint density at radius 3 is 2.62 bits per heavy atom. The molecule has 0 aliphatic rings. The molecule has 2 rings (SSSR count). The van der Waals surface area contributed by atoms with Gasteiger partial charge in [0.1, 0.15) is 17.6 Å². The van der Waals surface area contributed by atoms with E-state index in [1.54, 1.807) is 0 Å². The predicted molar refractivity (Wildman–Crippen MR) is 77.0 cm³/mol. The zero-order valence-corrected chi connectivity index (χ0v) is 11.5. The smallest absolute Gasteiger partial charge is 0.342 e. The number of aromatic carboxylic acids is 1. The fourth-order valence-corrected chi connectivity index (χ4v) is 1.93. The van der Waals surface area contributed by atoms with Crippen molar-refractivity contribution in [2.45, 2.75) is 13.8 Å². The van der Waals surface area contributed by atoms with Crippen LogP contribution in [0.15, 0.2) is 30.5 Å². The number of anilines is 2. The average Bonchev–Trinajstić information content (AvgIpc) is 2.41. The molecule has 0 atom stereocenters. The molecule has 0 saturated heterocycles. The summed E-state index contributed by atoms with van der Waals surface area (Å²) in [7, 11) is 0. The lowest BCUT2D eigenvalue weighted by atomic mass is 10.1. The average molecular weight is 287 g/mol. The van der Waals surface area contributed by atoms with Gasteiger partial charge in [0.2, 0.25) is 0 Å². The van der Waals surface area contributed by atoms with Gasteiger partial charge in [0.15, 0.2) is 0 Å². The molecule has 0 aliphatic heterocycles. The molecule has 0 aliphatic carbocycles. The lowest BCUT2D eigenvalue weighted by molar-refractivity contribution is -0.385. The summed E-state index contributed by atoms with van der Waals surface area (Å²) < 4.78 is 0. The molecule has 7 heteroatoms. The number of pyridine rings is 1. The van der Waals surface area contributed by atoms with Crippen LogP contribution in [0.4, 0.5) is 17.2 Å². The van der Waals surface area contributed by atoms with Crippen molar-refractivity contribution in [3.8, 4) is 0 Å². The second-order valence-corrected chi connectivity index (χ2v) is 4.59. The van der Waals surface area contributed by atoms with Crippen molar-refractivity contribution in [1.82, 2.24) is 4.98 Å². The van der Waals surface area contributed by atoms with Crippen molar-refractivity contribution in [1.29, 1.82) is 0 Å². The second kappa shape index (κ2) is 5.58. The maximum atomic E-state index is 11.1. The van der Waals surface area contributed by atoms with E-state index in [4.69, 9.17) is 5.11 Å². The summed E-state index contributed by atoms with van der Waals surface area (Å²) in [6.45, 7) is 3.86. The van der Waals surface area contributed by atoms with Crippen molar-refractivity contribution in [2.75, 3.05) is 5.32 Å². The number of nitro groups is 1. The molecule has 0 fully saturated rings. The van der Waals surface area contributed by atoms with E-state index in [0.29, 0.717) is 0 Å². The lowest BCUT2D eigenvalue weighted by Crippen LogP contribution is -2.05. The van der Waals surface area contributed by atoms with E-state index in [0.717, 1.165) is 29.1 Å². The first-order valence-corrected chi connectivity index (χ1v) is 6.10. The number of aryl methyl sites for hydroxylation is 2. The maximum Gasteiger partial charge on any atom is 0.342 e. The normalized spacial score (nSPS) is 10.2. The Kier molecular flexibility index (Phi) is 3.84. The lowest BCUT2D eigenvalue weighted by Gasteiger charge is -2.10. The fraction of sp³-hybridized carbons (Fsp3) is 0.143. The summed E-state index contributed by atoms with van der Waals surface area (Å²) in [4.78, 5) is 25.0. The van der Waals surface area contributed by atoms with Crippen molar-refractivity contribution >= 4 is 23.2 Å². The van der Waals surface area contributed by atoms with E-state index in [1.165, 1.54) is 0 Å². The van der Waals surface area contributed by atoms with Gasteiger partial charge in [-0.1, -0.05) is 17.7 Å². The quantitative estimate of drug-likeness (QED) is 0.661. The summed E-state index contributed by atoms with van der Waals surface area (Å²) in [5, 5.41) is 22.8. The predicted octanol–water partition coefficient (Wildman–Crippen LogP) is 3.05. The van der Waals surface area contributed by atoms with Crippen molar-refractivity contribution in [2.24, 2.45) is 0 Å². The summed E-state index contributed by atoms with van der Waals surface area (Å²) in [5.74, 6) is -1.13. The van der Waals surface area contributed by atoms with Crippen LogP contribution in [0.25, 0.3) is 0 Å². The molecular weight excluding hydrogens is 274 g/mol. The maximum absolute atomic E-state index is 11.1. The number of rotatable bonds is 4. The first-order valence-electron chi connectivity index (χ1n) is 6.10. The van der Waals surface area contributed by atoms with E-state index in [2.05, 4.69) is 10.3 Å². The summed E-state index contributed by atoms with van der Waals surface area (Å²) in [5.41, 5.74) is 1.89. The van der Waals surface area contributed by atoms with Gasteiger partial charge < -0.3 is 10.4 Å². The number of hydrogen-bond acceptors (Lipinski definition) is 5. The van der Waals surface area contributed by atoms with Gasteiger partial charge in [-0.05, 0) is 25.5 Å². The highest BCUT2D eigenvalue weighted by molar-refractivity contribution is 5.93. The van der Waals surface area contributed by atoms with Gasteiger partial charge in [-0.25, -0.2) is 9.78 Å². The van der Waals surface area contributed by atoms with Gasteiger partial charge in [0.05, 0.1) is 4.92 Å². The van der Waals surface area contributed by atoms with Crippen LogP contribution in [0.1, 0.15) is 21.5 Å². The number of carboxylic acid groups (broad SMARTS) is 1. The molecule has 0 amide bonds. The minimum atomic E-state index is -1.37. The molecule has 21 heavy (non-hydrogen) atoms. The fourth-order valence-electron chi connectivity index (χ4n) is 1.93. The minimum Gasteiger partial charge on any atom is -0.477 e. The van der Waals surface area contributed by atoms with Crippen LogP contribution in [0.2, 0.25) is 0 Å². The van der Waals surface area contributed by atoms with Crippen molar-refractivity contribution in [3.63, 3.8) is 0 Å². The first kappa shape index (κ1) is 14.4. The van der Waals surface area contributed by atoms with E-state index < -0.39 is 22.1 Å². The molecular formula is C14H13N3O4. The third-order valence-electron chi connectivity index (χ3n) is 2.95. The Bertz CT molecular complexity index is 728. The highest BCUT2D eigenvalue weighted by Crippen LogP contribution is 2.24. The van der Waals surface area contributed by atoms with Crippen molar-refractivity contribution < 1.29 is 14.8 Å². The number of nitrogens with one attached hydrogen (secondary N) is 1. The molecule has 2 aromatic rings. The first-order chi connectivity index (χ1) is 9.88. The summed E-state index contributed by atoms with van der Waals surface area (Å²) in [6, 6.07) is 6.86. The number of carbonyl (C=O) groups is 1. The highest BCUT2D eigenvalue weighted by atomic mass is 16.6. The van der Waals surface area contributed by atoms with Gasteiger partial charge in [0.25, 0.3) is 0 Å². The van der Waals surface area contributed by atoms with E-state index in [9.17, 15) is 14.9 Å². The molecule has 1 aromatic heterocycles. The third kappa shape index (κ3) is 3.14. The molecule has 0 saturated carbocycles. The van der Waals surface area contributed by atoms with Crippen LogP contribution in [-0.2, 0) is 0 Å². The Balaban J connectivity index is 2.39. The third-order valence-corrected chi connectivity index (χ3v) is 2.95. The molecule has 0 unspecified atom stereocenters. The van der Waals surface area contributed by atoms with Crippen LogP contribution in [0, 0.1) is 24.0 Å². The second-order valence-electron chi connectivity index (χ2n) is 4.59. The van der Waals surface area contributed by atoms with Gasteiger partial charge in [-0.3, -0.25) is 10.1 Å². The molecule has 108 valence electrons. The molecule has 0 spiro atoms. The van der Waals surface area contributed by atoms with E-state index in [-0.39, 0.29) is 5.82 Å². The number of carboxylic acids is 1. The molecule has 1 aromatic carbocycles. The zero-order valence-electron chi connectivity index (χ0n) is 11.5. The molecule has 0 radical (unpaired) electrons. The number of benzene rings is 1. The Labute approximate surface area is 120 Å². The number of nitrogens with zero attached hydrogens (tertiary/aromatic N) is 2. The molecule has 2 N–H and O–H groups in total. The zero-order chi connectivity index (χ0) is 15.6. The van der Waals surface area contributed by atoms with Gasteiger partial charge in [-0.15, -0.1) is 0 Å². The molecule has 0 bridgehead atoms. The van der Waals surface area contributed by atoms with Gasteiger partial charge in [-0.2, -0.15) is 0 Å². The van der Waals surface area contributed by atoms with Crippen LogP contribution in [0.5, 0.6) is 0 Å².